The second-order valence-corrected chi connectivity index (χ2v) is 21.9. The minimum absolute atomic E-state index is 0.0475. The molecule has 0 bridgehead atoms. The molecule has 2 aromatic rings. The number of carbonyl (C=O) groups excluding carboxylic acids is 1. The van der Waals surface area contributed by atoms with E-state index in [1.54, 1.807) is 0 Å². The molecule has 0 aromatic heterocycles. The lowest BCUT2D eigenvalue weighted by atomic mass is 9.98. The molecule has 2 fully saturated rings. The zero-order valence-corrected chi connectivity index (χ0v) is 27.5. The number of benzene rings is 2. The Bertz CT molecular complexity index is 1150. The van der Waals surface area contributed by atoms with Crippen molar-refractivity contribution in [1.29, 1.82) is 0 Å². The van der Waals surface area contributed by atoms with Gasteiger partial charge < -0.3 is 22.6 Å². The zero-order chi connectivity index (χ0) is 28.8. The van der Waals surface area contributed by atoms with Crippen molar-refractivity contribution >= 4 is 23.2 Å². The van der Waals surface area contributed by atoms with Crippen LogP contribution in [0.1, 0.15) is 72.4 Å². The molecule has 3 aliphatic rings. The lowest BCUT2D eigenvalue weighted by molar-refractivity contribution is 0.0449. The number of fused-ring (bicyclic) bond motifs is 4. The topological polar surface area (TPSA) is 57.2 Å². The van der Waals surface area contributed by atoms with E-state index in [1.165, 1.54) is 22.3 Å². The number of hydrogen-bond donors (Lipinski definition) is 0. The maximum atomic E-state index is 13.5. The largest absolute Gasteiger partial charge is 0.448 e. The predicted molar refractivity (Wildman–Crippen MR) is 164 cm³/mol. The van der Waals surface area contributed by atoms with Crippen molar-refractivity contribution in [2.75, 3.05) is 26.3 Å². The molecule has 0 saturated carbocycles. The van der Waals surface area contributed by atoms with Crippen LogP contribution in [0.3, 0.4) is 0 Å². The van der Waals surface area contributed by atoms with Gasteiger partial charge in [0.05, 0.1) is 6.10 Å². The number of nitrogens with zero attached hydrogens (tertiary/aromatic N) is 1. The van der Waals surface area contributed by atoms with Crippen LogP contribution in [-0.2, 0) is 17.7 Å². The van der Waals surface area contributed by atoms with Crippen molar-refractivity contribution in [1.82, 2.24) is 4.90 Å². The van der Waals surface area contributed by atoms with Gasteiger partial charge in [-0.3, -0.25) is 0 Å². The Labute approximate surface area is 242 Å². The van der Waals surface area contributed by atoms with Gasteiger partial charge in [0.25, 0.3) is 0 Å². The molecule has 1 aliphatic carbocycles. The first-order valence-corrected chi connectivity index (χ1v) is 19.1. The maximum absolute atomic E-state index is 13.5. The third-order valence-corrected chi connectivity index (χ3v) is 19.7. The molecule has 2 atom stereocenters. The first kappa shape index (κ1) is 29.5. The van der Waals surface area contributed by atoms with Gasteiger partial charge in [-0.05, 0) is 44.4 Å². The normalized spacial score (nSPS) is 23.8. The first-order valence-electron chi connectivity index (χ1n) is 15.1. The Balaban J connectivity index is 1.35. The van der Waals surface area contributed by atoms with E-state index in [4.69, 9.17) is 17.7 Å². The number of likely N-dealkylation sites (tertiary alicyclic amines) is 1. The number of rotatable bonds is 6. The molecule has 40 heavy (non-hydrogen) atoms. The van der Waals surface area contributed by atoms with Gasteiger partial charge >= 0.3 is 23.2 Å². The van der Waals surface area contributed by atoms with E-state index in [2.05, 4.69) is 104 Å². The molecule has 5 rings (SSSR count). The molecule has 2 aliphatic heterocycles. The summed E-state index contributed by atoms with van der Waals surface area (Å²) in [5.74, 6) is 0.157. The molecule has 2 saturated heterocycles. The fraction of sp³-hybridized carbons (Fsp3) is 0.594. The highest BCUT2D eigenvalue weighted by Gasteiger charge is 2.59. The smallest absolute Gasteiger partial charge is 0.409 e. The lowest BCUT2D eigenvalue weighted by Crippen LogP contribution is -2.64. The highest BCUT2D eigenvalue weighted by Crippen LogP contribution is 2.48. The maximum Gasteiger partial charge on any atom is 0.409 e. The van der Waals surface area contributed by atoms with E-state index in [0.29, 0.717) is 37.4 Å². The summed E-state index contributed by atoms with van der Waals surface area (Å²) >= 11 is 0. The van der Waals surface area contributed by atoms with Crippen LogP contribution in [0, 0.1) is 5.92 Å². The summed E-state index contributed by atoms with van der Waals surface area (Å²) in [6.07, 6.45) is -0.376. The summed E-state index contributed by atoms with van der Waals surface area (Å²) in [5.41, 5.74) is 6.05. The quantitative estimate of drug-likeness (QED) is 0.326. The summed E-state index contributed by atoms with van der Waals surface area (Å²) in [4.78, 5) is 15.3. The first-order chi connectivity index (χ1) is 19.0. The highest BCUT2D eigenvalue weighted by molar-refractivity contribution is 6.83. The summed E-state index contributed by atoms with van der Waals surface area (Å²) in [7, 11) is -5.28. The number of carbonyl (C=O) groups is 1. The van der Waals surface area contributed by atoms with Crippen molar-refractivity contribution in [3.05, 3.63) is 59.7 Å². The Hall–Kier alpha value is -1.98. The molecule has 0 N–H and O–H groups in total. The Kier molecular flexibility index (Phi) is 8.38. The van der Waals surface area contributed by atoms with E-state index in [9.17, 15) is 4.79 Å². The molecular weight excluding hydrogens is 535 g/mol. The molecular formula is C32H47NO5Si2. The van der Waals surface area contributed by atoms with Crippen molar-refractivity contribution in [2.45, 2.75) is 89.6 Å². The van der Waals surface area contributed by atoms with Crippen LogP contribution < -0.4 is 0 Å². The molecule has 2 heterocycles. The minimum Gasteiger partial charge on any atom is -0.448 e. The summed E-state index contributed by atoms with van der Waals surface area (Å²) in [6, 6.07) is 16.9. The van der Waals surface area contributed by atoms with E-state index in [-0.39, 0.29) is 35.1 Å². The van der Waals surface area contributed by atoms with Gasteiger partial charge in [-0.1, -0.05) is 104 Å². The fourth-order valence-electron chi connectivity index (χ4n) is 7.16. The molecule has 0 unspecified atom stereocenters. The molecule has 1 amide bonds. The van der Waals surface area contributed by atoms with E-state index < -0.39 is 17.1 Å². The van der Waals surface area contributed by atoms with Crippen LogP contribution in [0.4, 0.5) is 4.79 Å². The zero-order valence-electron chi connectivity index (χ0n) is 25.5. The van der Waals surface area contributed by atoms with Gasteiger partial charge in [0.2, 0.25) is 0 Å². The molecule has 218 valence electrons. The standard InChI is InChI=1S/C32H47NO5Si2/c1-21(2)39(22(3)4)36-19-25-17-33(18-31(25)37-40(38-39,23(5)6)24(7)8)32(34)35-20-30-28-15-11-9-13-26(28)27-14-10-12-16-29(27)30/h9-16,21-25,30-31H,17-20H2,1-8H3/t25-,31+/m0/s1. The number of amides is 1. The number of hydrogen-bond acceptors (Lipinski definition) is 5. The highest BCUT2D eigenvalue weighted by atomic mass is 28.5. The van der Waals surface area contributed by atoms with Crippen LogP contribution in [0.25, 0.3) is 11.1 Å². The molecule has 0 radical (unpaired) electrons. The van der Waals surface area contributed by atoms with E-state index in [0.717, 1.165) is 0 Å². The van der Waals surface area contributed by atoms with Crippen molar-refractivity contribution in [2.24, 2.45) is 5.92 Å². The summed E-state index contributed by atoms with van der Waals surface area (Å²) in [6.45, 7) is 19.9. The Morgan fingerprint density at radius 3 is 1.88 bits per heavy atom. The van der Waals surface area contributed by atoms with Gasteiger partial charge in [-0.2, -0.15) is 0 Å². The molecule has 6 nitrogen and oxygen atoms in total. The Morgan fingerprint density at radius 1 is 0.825 bits per heavy atom. The Morgan fingerprint density at radius 2 is 1.35 bits per heavy atom. The van der Waals surface area contributed by atoms with Gasteiger partial charge in [-0.15, -0.1) is 0 Å². The lowest BCUT2D eigenvalue weighted by Gasteiger charge is -2.51. The second-order valence-electron chi connectivity index (χ2n) is 13.1. The van der Waals surface area contributed by atoms with E-state index >= 15 is 0 Å². The van der Waals surface area contributed by atoms with Crippen LogP contribution in [-0.4, -0.2) is 60.5 Å². The van der Waals surface area contributed by atoms with Crippen LogP contribution in [0.2, 0.25) is 22.2 Å². The molecule has 0 spiro atoms. The predicted octanol–water partition coefficient (Wildman–Crippen LogP) is 7.82. The fourth-order valence-corrected chi connectivity index (χ4v) is 18.4. The monoisotopic (exact) mass is 581 g/mol. The van der Waals surface area contributed by atoms with Gasteiger partial charge in [-0.25, -0.2) is 4.79 Å². The average Bonchev–Trinajstić information content (AvgIpc) is 3.45. The van der Waals surface area contributed by atoms with Crippen LogP contribution in [0.5, 0.6) is 0 Å². The van der Waals surface area contributed by atoms with Crippen LogP contribution >= 0.6 is 0 Å². The SMILES string of the molecule is CC(C)[Si]1(C(C)C)OC[C@@H]2CN(C(=O)OCC3c4ccccc4-c4ccccc43)C[C@H]2O[Si](C(C)C)(C(C)C)O1. The van der Waals surface area contributed by atoms with Gasteiger partial charge in [0, 0.05) is 31.5 Å². The van der Waals surface area contributed by atoms with Gasteiger partial charge in [0.15, 0.2) is 0 Å². The number of ether oxygens (including phenoxy) is 1. The van der Waals surface area contributed by atoms with E-state index in [1.807, 2.05) is 4.90 Å². The molecule has 2 aromatic carbocycles. The van der Waals surface area contributed by atoms with Crippen molar-refractivity contribution < 1.29 is 22.5 Å². The van der Waals surface area contributed by atoms with Crippen molar-refractivity contribution in [3.63, 3.8) is 0 Å². The minimum atomic E-state index is -2.69. The third kappa shape index (κ3) is 5.00. The average molecular weight is 582 g/mol. The molecule has 8 heteroatoms. The van der Waals surface area contributed by atoms with Gasteiger partial charge in [0.1, 0.15) is 6.61 Å². The van der Waals surface area contributed by atoms with Crippen molar-refractivity contribution in [3.8, 4) is 11.1 Å². The van der Waals surface area contributed by atoms with Crippen LogP contribution in [0.15, 0.2) is 48.5 Å². The third-order valence-electron chi connectivity index (χ3n) is 9.37. The summed E-state index contributed by atoms with van der Waals surface area (Å²) < 4.78 is 27.4. The second kappa shape index (κ2) is 11.4. The summed E-state index contributed by atoms with van der Waals surface area (Å²) in [5, 5.41) is 0.